The van der Waals surface area contributed by atoms with Crippen molar-refractivity contribution in [3.8, 4) is 5.75 Å². The van der Waals surface area contributed by atoms with Crippen molar-refractivity contribution in [2.45, 2.75) is 50.9 Å². The van der Waals surface area contributed by atoms with Gasteiger partial charge in [0.15, 0.2) is 0 Å². The van der Waals surface area contributed by atoms with E-state index in [1.165, 1.54) is 5.56 Å². The molecule has 0 spiro atoms. The second-order valence-corrected chi connectivity index (χ2v) is 12.4. The van der Waals surface area contributed by atoms with Crippen LogP contribution in [0.25, 0.3) is 10.9 Å². The summed E-state index contributed by atoms with van der Waals surface area (Å²) in [5.41, 5.74) is 4.92. The van der Waals surface area contributed by atoms with E-state index in [2.05, 4.69) is 67.7 Å². The topological polar surface area (TPSA) is 57.9 Å². The van der Waals surface area contributed by atoms with Gasteiger partial charge in [0, 0.05) is 61.2 Å². The lowest BCUT2D eigenvalue weighted by molar-refractivity contribution is 0.0527. The number of rotatable bonds is 11. The Bertz CT molecular complexity index is 1270. The molecule has 0 radical (unpaired) electrons. The minimum absolute atomic E-state index is 0.233. The first-order valence-electron chi connectivity index (χ1n) is 13.7. The van der Waals surface area contributed by atoms with Gasteiger partial charge in [-0.05, 0) is 73.0 Å². The van der Waals surface area contributed by atoms with Crippen LogP contribution < -0.4 is 0 Å². The van der Waals surface area contributed by atoms with Crippen LogP contribution >= 0.6 is 27.7 Å². The first-order valence-corrected chi connectivity index (χ1v) is 15.7. The van der Waals surface area contributed by atoms with Crippen LogP contribution in [0.1, 0.15) is 59.4 Å². The summed E-state index contributed by atoms with van der Waals surface area (Å²) in [7, 11) is 2.14. The summed E-state index contributed by atoms with van der Waals surface area (Å²) in [4.78, 5) is 18.2. The number of piperazine rings is 1. The number of thioether (sulfide) groups is 1. The number of fused-ring (bicyclic) bond motifs is 1. The maximum atomic E-state index is 13.5. The Morgan fingerprint density at radius 2 is 1.89 bits per heavy atom. The van der Waals surface area contributed by atoms with Crippen LogP contribution in [-0.4, -0.2) is 71.0 Å². The first kappa shape index (κ1) is 27.6. The van der Waals surface area contributed by atoms with Crippen molar-refractivity contribution in [1.82, 2.24) is 14.4 Å². The largest absolute Gasteiger partial charge is 0.506 e. The normalized spacial score (nSPS) is 16.8. The van der Waals surface area contributed by atoms with Crippen LogP contribution in [-0.2, 0) is 23.5 Å². The van der Waals surface area contributed by atoms with Gasteiger partial charge in [-0.1, -0.05) is 30.3 Å². The van der Waals surface area contributed by atoms with Crippen molar-refractivity contribution < 1.29 is 14.6 Å². The zero-order chi connectivity index (χ0) is 26.6. The van der Waals surface area contributed by atoms with Gasteiger partial charge in [-0.3, -0.25) is 4.90 Å². The smallest absolute Gasteiger partial charge is 0.340 e. The standard InChI is InChI=1S/C30H38BrN3O3S/c1-3-37-30(36)28-26(20-38-17-7-10-21-8-5-4-6-9-21)34(22-11-12-22)25-18-24(31)29(35)23(27(25)28)19-33-15-13-32(2)14-16-33/h4-6,8-9,18,22,35H,3,7,10-17,19-20H2,1-2H3. The van der Waals surface area contributed by atoms with Crippen LogP contribution in [0.2, 0.25) is 0 Å². The number of aryl methyl sites for hydroxylation is 1. The van der Waals surface area contributed by atoms with E-state index in [-0.39, 0.29) is 11.7 Å². The molecule has 6 nitrogen and oxygen atoms in total. The van der Waals surface area contributed by atoms with Crippen LogP contribution in [0.3, 0.4) is 0 Å². The Kier molecular flexibility index (Phi) is 9.03. The first-order chi connectivity index (χ1) is 18.5. The van der Waals surface area contributed by atoms with Crippen molar-refractivity contribution in [1.29, 1.82) is 0 Å². The van der Waals surface area contributed by atoms with Gasteiger partial charge in [-0.25, -0.2) is 4.79 Å². The third-order valence-corrected chi connectivity index (χ3v) is 9.29. The fourth-order valence-electron chi connectivity index (χ4n) is 5.45. The number of esters is 1. The number of hydrogen-bond donors (Lipinski definition) is 1. The molecule has 1 aliphatic carbocycles. The number of carbonyl (C=O) groups is 1. The number of aromatic hydroxyl groups is 1. The highest BCUT2D eigenvalue weighted by Gasteiger charge is 2.35. The Hall–Kier alpha value is -2.00. The predicted molar refractivity (Wildman–Crippen MR) is 159 cm³/mol. The van der Waals surface area contributed by atoms with Gasteiger partial charge in [0.05, 0.1) is 22.2 Å². The van der Waals surface area contributed by atoms with Crippen molar-refractivity contribution in [2.75, 3.05) is 45.6 Å². The molecule has 0 amide bonds. The molecule has 5 rings (SSSR count). The van der Waals surface area contributed by atoms with Crippen molar-refractivity contribution >= 4 is 44.6 Å². The van der Waals surface area contributed by atoms with E-state index in [4.69, 9.17) is 4.74 Å². The number of aromatic nitrogens is 1. The highest BCUT2D eigenvalue weighted by Crippen LogP contribution is 2.47. The monoisotopic (exact) mass is 599 g/mol. The molecular weight excluding hydrogens is 562 g/mol. The number of phenols is 1. The van der Waals surface area contributed by atoms with Gasteiger partial charge >= 0.3 is 5.97 Å². The Labute approximate surface area is 238 Å². The fourth-order valence-corrected chi connectivity index (χ4v) is 6.87. The molecule has 1 N–H and O–H groups in total. The third kappa shape index (κ3) is 6.09. The van der Waals surface area contributed by atoms with Gasteiger partial charge in [-0.15, -0.1) is 0 Å². The van der Waals surface area contributed by atoms with E-state index in [0.29, 0.717) is 29.2 Å². The minimum Gasteiger partial charge on any atom is -0.506 e. The van der Waals surface area contributed by atoms with E-state index in [9.17, 15) is 9.90 Å². The third-order valence-electron chi connectivity index (χ3n) is 7.63. The summed E-state index contributed by atoms with van der Waals surface area (Å²) in [6, 6.07) is 13.0. The zero-order valence-electron chi connectivity index (χ0n) is 22.4. The van der Waals surface area contributed by atoms with Crippen LogP contribution in [0.5, 0.6) is 5.75 Å². The molecule has 2 aliphatic rings. The summed E-state index contributed by atoms with van der Waals surface area (Å²) in [6.07, 6.45) is 4.38. The molecule has 0 atom stereocenters. The van der Waals surface area contributed by atoms with Gasteiger partial charge in [0.1, 0.15) is 5.75 Å². The predicted octanol–water partition coefficient (Wildman–Crippen LogP) is 6.23. The van der Waals surface area contributed by atoms with Crippen molar-refractivity contribution in [3.63, 3.8) is 0 Å². The van der Waals surface area contributed by atoms with Crippen molar-refractivity contribution in [2.24, 2.45) is 0 Å². The summed E-state index contributed by atoms with van der Waals surface area (Å²) >= 11 is 5.51. The molecule has 2 heterocycles. The molecule has 38 heavy (non-hydrogen) atoms. The van der Waals surface area contributed by atoms with Crippen LogP contribution in [0, 0.1) is 0 Å². The van der Waals surface area contributed by atoms with E-state index >= 15 is 0 Å². The van der Waals surface area contributed by atoms with E-state index in [1.54, 1.807) is 0 Å². The van der Waals surface area contributed by atoms with Gasteiger partial charge in [0.2, 0.25) is 0 Å². The number of benzene rings is 2. The average Bonchev–Trinajstić information content (AvgIpc) is 3.70. The van der Waals surface area contributed by atoms with Crippen LogP contribution in [0.15, 0.2) is 40.9 Å². The summed E-state index contributed by atoms with van der Waals surface area (Å²) < 4.78 is 8.69. The number of halogens is 1. The van der Waals surface area contributed by atoms with Gasteiger partial charge < -0.3 is 19.3 Å². The SMILES string of the molecule is CCOC(=O)c1c(CSCCCc2ccccc2)n(C2CC2)c2cc(Br)c(O)c(CN3CCN(C)CC3)c12. The maximum absolute atomic E-state index is 13.5. The molecular formula is C30H38BrN3O3S. The number of likely N-dealkylation sites (N-methyl/N-ethyl adjacent to an activating group) is 1. The van der Waals surface area contributed by atoms with Gasteiger partial charge in [-0.2, -0.15) is 11.8 Å². The Morgan fingerprint density at radius 3 is 2.58 bits per heavy atom. The Morgan fingerprint density at radius 1 is 1.16 bits per heavy atom. The van der Waals surface area contributed by atoms with E-state index in [0.717, 1.165) is 85.5 Å². The van der Waals surface area contributed by atoms with Crippen LogP contribution in [0.4, 0.5) is 0 Å². The average molecular weight is 601 g/mol. The molecule has 2 aromatic carbocycles. The fraction of sp³-hybridized carbons (Fsp3) is 0.500. The molecule has 3 aromatic rings. The van der Waals surface area contributed by atoms with Crippen molar-refractivity contribution in [3.05, 3.63) is 63.3 Å². The number of phenolic OH excluding ortho intramolecular Hbond substituents is 1. The lowest BCUT2D eigenvalue weighted by Crippen LogP contribution is -2.43. The lowest BCUT2D eigenvalue weighted by Gasteiger charge is -2.32. The quantitative estimate of drug-likeness (QED) is 0.208. The number of carbonyl (C=O) groups excluding carboxylic acids is 1. The maximum Gasteiger partial charge on any atom is 0.340 e. The molecule has 1 saturated carbocycles. The highest BCUT2D eigenvalue weighted by atomic mass is 79.9. The highest BCUT2D eigenvalue weighted by molar-refractivity contribution is 9.10. The molecule has 1 aliphatic heterocycles. The molecule has 8 heteroatoms. The molecule has 2 fully saturated rings. The minimum atomic E-state index is -0.280. The molecule has 0 bridgehead atoms. The second kappa shape index (κ2) is 12.5. The number of nitrogens with zero attached hydrogens (tertiary/aromatic N) is 3. The number of hydrogen-bond acceptors (Lipinski definition) is 6. The van der Waals surface area contributed by atoms with E-state index < -0.39 is 0 Å². The Balaban J connectivity index is 1.49. The molecule has 1 saturated heterocycles. The molecule has 204 valence electrons. The summed E-state index contributed by atoms with van der Waals surface area (Å²) in [6.45, 7) is 6.66. The van der Waals surface area contributed by atoms with Gasteiger partial charge in [0.25, 0.3) is 0 Å². The lowest BCUT2D eigenvalue weighted by atomic mass is 10.0. The molecule has 0 unspecified atom stereocenters. The summed E-state index contributed by atoms with van der Waals surface area (Å²) in [5, 5.41) is 12.1. The summed E-state index contributed by atoms with van der Waals surface area (Å²) in [5.74, 6) is 1.72. The molecule has 1 aromatic heterocycles. The number of ether oxygens (including phenoxy) is 1. The second-order valence-electron chi connectivity index (χ2n) is 10.4. The van der Waals surface area contributed by atoms with E-state index in [1.807, 2.05) is 24.8 Å². The zero-order valence-corrected chi connectivity index (χ0v) is 24.8.